The summed E-state index contributed by atoms with van der Waals surface area (Å²) in [5, 5.41) is 33.9. The molecule has 2 saturated heterocycles. The molecule has 14 heteroatoms. The third kappa shape index (κ3) is 14.6. The van der Waals surface area contributed by atoms with Crippen molar-refractivity contribution < 1.29 is 63.0 Å². The molecule has 1 saturated carbocycles. The number of amides is 1. The molecule has 1 aliphatic carbocycles. The number of rotatable bonds is 6. The molecule has 3 aliphatic heterocycles. The van der Waals surface area contributed by atoms with Crippen LogP contribution in [0, 0.1) is 35.5 Å². The molecule has 370 valence electrons. The number of carbonyl (C=O) groups is 5. The number of cyclic esters (lactones) is 1. The highest BCUT2D eigenvalue weighted by Gasteiger charge is 2.53. The Morgan fingerprint density at radius 2 is 1.54 bits per heavy atom. The standard InChI is InChI=1S/C51H83NO13/c1-30-16-12-11-13-17-31(2)42(61-8)28-38-21-19-36(7)51(60,65-38)48(57)49(58)52-23-15-14-18-39(52)50(59)64-43(33(4)26-37-20-22-40(53)44(27-37)62-9)29-41(54)32(3)25-35(6)46(56)47(63-10)45(55)34(5)24-30/h17,25,30,32-34,36-40,42-44,46-47,53,56,60H,11-16,18-24,26-29H2,1-10H3/b31-17?,35-25+/t30-,32-,33-,34-,36-,37+,38+,39+,40-,42+,43+,44-,46-,47+,51-/m1/s1. The molecule has 3 fully saturated rings. The molecule has 14 nitrogen and oxygen atoms in total. The molecule has 15 atom stereocenters. The van der Waals surface area contributed by atoms with Gasteiger partial charge in [0.15, 0.2) is 5.78 Å². The monoisotopic (exact) mass is 918 g/mol. The number of aliphatic hydroxyl groups is 3. The fraction of sp³-hybridized carbons (Fsp3) is 0.824. The summed E-state index contributed by atoms with van der Waals surface area (Å²) in [7, 11) is 4.59. The second-order valence-corrected chi connectivity index (χ2v) is 20.3. The van der Waals surface area contributed by atoms with Crippen molar-refractivity contribution in [1.82, 2.24) is 4.90 Å². The highest BCUT2D eigenvalue weighted by Crippen LogP contribution is 2.38. The van der Waals surface area contributed by atoms with Crippen LogP contribution in [0.4, 0.5) is 0 Å². The van der Waals surface area contributed by atoms with Gasteiger partial charge in [0, 0.05) is 58.5 Å². The van der Waals surface area contributed by atoms with Crippen molar-refractivity contribution in [2.24, 2.45) is 35.5 Å². The number of aliphatic hydroxyl groups excluding tert-OH is 2. The Labute approximate surface area is 388 Å². The summed E-state index contributed by atoms with van der Waals surface area (Å²) < 4.78 is 29.5. The molecule has 4 aliphatic rings. The van der Waals surface area contributed by atoms with Crippen molar-refractivity contribution in [3.05, 3.63) is 23.3 Å². The summed E-state index contributed by atoms with van der Waals surface area (Å²) in [5.74, 6) is -7.47. The third-order valence-corrected chi connectivity index (χ3v) is 15.1. The van der Waals surface area contributed by atoms with Gasteiger partial charge in [-0.15, -0.1) is 0 Å². The van der Waals surface area contributed by atoms with Gasteiger partial charge in [-0.25, -0.2) is 4.79 Å². The number of hydrogen-bond donors (Lipinski definition) is 3. The maximum absolute atomic E-state index is 14.4. The highest BCUT2D eigenvalue weighted by molar-refractivity contribution is 6.39. The summed E-state index contributed by atoms with van der Waals surface area (Å²) >= 11 is 0. The molecule has 65 heavy (non-hydrogen) atoms. The summed E-state index contributed by atoms with van der Waals surface area (Å²) in [6.45, 7) is 13.1. The van der Waals surface area contributed by atoms with E-state index in [2.05, 4.69) is 13.0 Å². The highest BCUT2D eigenvalue weighted by atomic mass is 16.6. The molecular weight excluding hydrogens is 835 g/mol. The van der Waals surface area contributed by atoms with Crippen LogP contribution >= 0.6 is 0 Å². The van der Waals surface area contributed by atoms with Crippen LogP contribution in [0.25, 0.3) is 0 Å². The Morgan fingerprint density at radius 3 is 2.22 bits per heavy atom. The normalized spacial score (nSPS) is 39.1. The molecule has 0 aromatic heterocycles. The molecular formula is C51H83NO13. The van der Waals surface area contributed by atoms with E-state index in [1.165, 1.54) is 12.0 Å². The number of hydrogen-bond acceptors (Lipinski definition) is 13. The molecule has 0 radical (unpaired) electrons. The fourth-order valence-corrected chi connectivity index (χ4v) is 10.7. The van der Waals surface area contributed by atoms with Crippen molar-refractivity contribution in [1.29, 1.82) is 0 Å². The van der Waals surface area contributed by atoms with E-state index in [0.29, 0.717) is 63.4 Å². The van der Waals surface area contributed by atoms with Crippen molar-refractivity contribution in [2.75, 3.05) is 27.9 Å². The average Bonchev–Trinajstić information content (AvgIpc) is 3.28. The Morgan fingerprint density at radius 1 is 0.831 bits per heavy atom. The zero-order valence-electron chi connectivity index (χ0n) is 41.1. The number of fused-ring (bicyclic) bond motifs is 3. The van der Waals surface area contributed by atoms with E-state index >= 15 is 0 Å². The number of ether oxygens (including phenoxy) is 5. The van der Waals surface area contributed by atoms with Crippen molar-refractivity contribution in [2.45, 2.75) is 206 Å². The van der Waals surface area contributed by atoms with Gasteiger partial charge >= 0.3 is 5.97 Å². The predicted octanol–water partition coefficient (Wildman–Crippen LogP) is 6.63. The SMILES string of the molecule is CO[C@H]1C[C@@H]2CC[C@@H](C)[C@@](O)(O2)C(=O)C(=O)N2CCCC[C@H]2C(=O)O[C@H]([C@H](C)C[C@@H]2CC[C@@H](O)[C@H](OC)C2)CC(=O)[C@H](C)/C=C(\C)[C@@H](O)[C@@H](OC)C(=O)[C@H](C)C[C@H](C)CCCCC=C1C. The van der Waals surface area contributed by atoms with E-state index in [4.69, 9.17) is 23.7 Å². The summed E-state index contributed by atoms with van der Waals surface area (Å²) in [5.41, 5.74) is 1.41. The number of nitrogens with zero attached hydrogens (tertiary/aromatic N) is 1. The number of ketones is 3. The van der Waals surface area contributed by atoms with Crippen molar-refractivity contribution in [3.63, 3.8) is 0 Å². The minimum atomic E-state index is -2.40. The van der Waals surface area contributed by atoms with E-state index in [9.17, 15) is 39.3 Å². The quantitative estimate of drug-likeness (QED) is 0.146. The molecule has 0 spiro atoms. The number of esters is 1. The number of methoxy groups -OCH3 is 3. The zero-order chi connectivity index (χ0) is 48.2. The first-order valence-corrected chi connectivity index (χ1v) is 24.6. The van der Waals surface area contributed by atoms with Crippen LogP contribution in [0.1, 0.15) is 151 Å². The van der Waals surface area contributed by atoms with E-state index in [1.807, 2.05) is 20.8 Å². The summed E-state index contributed by atoms with van der Waals surface area (Å²) in [6, 6.07) is -1.13. The lowest BCUT2D eigenvalue weighted by atomic mass is 9.78. The molecule has 3 N–H and O–H groups in total. The van der Waals surface area contributed by atoms with E-state index in [-0.39, 0.29) is 66.8 Å². The minimum absolute atomic E-state index is 0.0992. The van der Waals surface area contributed by atoms with E-state index in [1.54, 1.807) is 41.1 Å². The summed E-state index contributed by atoms with van der Waals surface area (Å²) in [6.07, 6.45) is 7.89. The van der Waals surface area contributed by atoms with Gasteiger partial charge in [-0.05, 0) is 120 Å². The number of Topliss-reactive ketones (excluding diaryl/α,β-unsaturated/α-hetero) is 3. The van der Waals surface area contributed by atoms with Gasteiger partial charge in [-0.2, -0.15) is 0 Å². The second-order valence-electron chi connectivity index (χ2n) is 20.3. The van der Waals surface area contributed by atoms with Gasteiger partial charge < -0.3 is 43.9 Å². The van der Waals surface area contributed by atoms with Crippen LogP contribution in [-0.2, 0) is 47.7 Å². The van der Waals surface area contributed by atoms with Crippen molar-refractivity contribution in [3.8, 4) is 0 Å². The van der Waals surface area contributed by atoms with Gasteiger partial charge in [-0.1, -0.05) is 59.6 Å². The van der Waals surface area contributed by atoms with Crippen LogP contribution in [0.15, 0.2) is 23.3 Å². The number of carbonyl (C=O) groups excluding carboxylic acids is 5. The molecule has 3 heterocycles. The third-order valence-electron chi connectivity index (χ3n) is 15.1. The topological polar surface area (TPSA) is 195 Å². The largest absolute Gasteiger partial charge is 0.460 e. The summed E-state index contributed by atoms with van der Waals surface area (Å²) in [4.78, 5) is 71.9. The van der Waals surface area contributed by atoms with Gasteiger partial charge in [0.25, 0.3) is 11.7 Å². The number of piperidine rings is 1. The van der Waals surface area contributed by atoms with Crippen LogP contribution in [0.3, 0.4) is 0 Å². The zero-order valence-corrected chi connectivity index (χ0v) is 41.1. The molecule has 4 rings (SSSR count). The Balaban J connectivity index is 1.67. The fourth-order valence-electron chi connectivity index (χ4n) is 10.7. The lowest BCUT2D eigenvalue weighted by molar-refractivity contribution is -0.265. The maximum atomic E-state index is 14.4. The van der Waals surface area contributed by atoms with Crippen LogP contribution in [0.5, 0.6) is 0 Å². The van der Waals surface area contributed by atoms with E-state index in [0.717, 1.165) is 37.7 Å². The molecule has 1 amide bonds. The van der Waals surface area contributed by atoms with Gasteiger partial charge in [-0.3, -0.25) is 19.2 Å². The predicted molar refractivity (Wildman–Crippen MR) is 245 cm³/mol. The van der Waals surface area contributed by atoms with Gasteiger partial charge in [0.05, 0.1) is 24.4 Å². The lowest BCUT2D eigenvalue weighted by Crippen LogP contribution is -2.61. The first kappa shape index (κ1) is 54.8. The molecule has 2 bridgehead atoms. The lowest BCUT2D eigenvalue weighted by Gasteiger charge is -2.42. The first-order chi connectivity index (χ1) is 30.7. The Hall–Kier alpha value is -2.85. The number of allylic oxidation sites excluding steroid dienone is 2. The van der Waals surface area contributed by atoms with Crippen LogP contribution in [0.2, 0.25) is 0 Å². The van der Waals surface area contributed by atoms with Gasteiger partial charge in [0.2, 0.25) is 5.79 Å². The first-order valence-electron chi connectivity index (χ1n) is 24.6. The van der Waals surface area contributed by atoms with Crippen LogP contribution in [-0.4, -0.2) is 132 Å². The Kier molecular flexibility index (Phi) is 21.5. The molecule has 0 aromatic carbocycles. The van der Waals surface area contributed by atoms with E-state index < -0.39 is 71.8 Å². The van der Waals surface area contributed by atoms with Gasteiger partial charge in [0.1, 0.15) is 30.1 Å². The second kappa shape index (κ2) is 25.5. The molecule has 0 unspecified atom stereocenters. The van der Waals surface area contributed by atoms with Crippen molar-refractivity contribution >= 4 is 29.2 Å². The molecule has 0 aromatic rings. The Bertz CT molecular complexity index is 1660. The maximum Gasteiger partial charge on any atom is 0.329 e. The average molecular weight is 918 g/mol. The minimum Gasteiger partial charge on any atom is -0.460 e. The smallest absolute Gasteiger partial charge is 0.329 e. The van der Waals surface area contributed by atoms with Crippen LogP contribution < -0.4 is 0 Å².